The van der Waals surface area contributed by atoms with Crippen LogP contribution < -0.4 is 0 Å². The summed E-state index contributed by atoms with van der Waals surface area (Å²) >= 11 is 0. The molecule has 2 nitrogen and oxygen atoms in total. The molecule has 2 heteroatoms. The van der Waals surface area contributed by atoms with Crippen LogP contribution in [0.1, 0.15) is 79.1 Å². The maximum atomic E-state index is 2.81. The van der Waals surface area contributed by atoms with Gasteiger partial charge in [-0.15, -0.1) is 0 Å². The van der Waals surface area contributed by atoms with E-state index in [-0.39, 0.29) is 0 Å². The third kappa shape index (κ3) is 5.37. The van der Waals surface area contributed by atoms with E-state index in [4.69, 9.17) is 0 Å². The van der Waals surface area contributed by atoms with Gasteiger partial charge in [-0.2, -0.15) is 0 Å². The number of rotatable bonds is 10. The maximum absolute atomic E-state index is 2.81. The van der Waals surface area contributed by atoms with E-state index < -0.39 is 0 Å². The molecule has 0 saturated heterocycles. The van der Waals surface area contributed by atoms with E-state index in [1.54, 1.807) is 0 Å². The molecule has 0 unspecified atom stereocenters. The Morgan fingerprint density at radius 2 is 0.900 bits per heavy atom. The zero-order valence-electron chi connectivity index (χ0n) is 14.5. The van der Waals surface area contributed by atoms with Crippen molar-refractivity contribution in [2.45, 2.75) is 91.1 Å². The van der Waals surface area contributed by atoms with Gasteiger partial charge in [0.15, 0.2) is 0 Å². The molecule has 0 N–H and O–H groups in total. The zero-order valence-corrected chi connectivity index (χ0v) is 14.5. The smallest absolute Gasteiger partial charge is 0.0251 e. The Kier molecular flexibility index (Phi) is 9.54. The Hall–Kier alpha value is -0.0800. The fraction of sp³-hybridized carbons (Fsp3) is 1.00. The van der Waals surface area contributed by atoms with Crippen molar-refractivity contribution in [2.24, 2.45) is 0 Å². The van der Waals surface area contributed by atoms with Gasteiger partial charge in [0.1, 0.15) is 0 Å². The predicted molar refractivity (Wildman–Crippen MR) is 90.4 cm³/mol. The van der Waals surface area contributed by atoms with Crippen molar-refractivity contribution < 1.29 is 0 Å². The molecule has 0 amide bonds. The first-order chi connectivity index (χ1) is 9.78. The highest BCUT2D eigenvalue weighted by Crippen LogP contribution is 2.28. The van der Waals surface area contributed by atoms with E-state index in [0.29, 0.717) is 0 Å². The number of nitrogens with zero attached hydrogens (tertiary/aromatic N) is 2. The summed E-state index contributed by atoms with van der Waals surface area (Å²) in [5.74, 6) is 0. The van der Waals surface area contributed by atoms with Crippen LogP contribution in [0.5, 0.6) is 0 Å². The van der Waals surface area contributed by atoms with Gasteiger partial charge in [0.2, 0.25) is 0 Å². The molecular formula is C18H38N2. The fourth-order valence-electron chi connectivity index (χ4n) is 3.98. The standard InChI is InChI=1S/C18H38N2/c1-5-13-19(14-6-2)17-11-9-10-12-18(17)20(15-7-3)16-8-4/h17-18H,5-16H2,1-4H3/t17-,18-/m1/s1. The summed E-state index contributed by atoms with van der Waals surface area (Å²) < 4.78 is 0. The van der Waals surface area contributed by atoms with Crippen LogP contribution in [0.3, 0.4) is 0 Å². The van der Waals surface area contributed by atoms with Crippen molar-refractivity contribution in [1.29, 1.82) is 0 Å². The molecule has 120 valence electrons. The van der Waals surface area contributed by atoms with Crippen LogP contribution in [0.2, 0.25) is 0 Å². The first-order valence-electron chi connectivity index (χ1n) is 9.26. The molecule has 2 atom stereocenters. The molecule has 0 aromatic rings. The van der Waals surface area contributed by atoms with Crippen LogP contribution in [0, 0.1) is 0 Å². The molecule has 0 bridgehead atoms. The summed E-state index contributed by atoms with van der Waals surface area (Å²) in [4.78, 5) is 5.62. The Balaban J connectivity index is 2.75. The first kappa shape index (κ1) is 18.0. The molecule has 1 aliphatic carbocycles. The van der Waals surface area contributed by atoms with Crippen molar-refractivity contribution >= 4 is 0 Å². The van der Waals surface area contributed by atoms with Crippen LogP contribution in [0.25, 0.3) is 0 Å². The van der Waals surface area contributed by atoms with Gasteiger partial charge in [-0.3, -0.25) is 9.80 Å². The summed E-state index contributed by atoms with van der Waals surface area (Å²) in [6, 6.07) is 1.64. The lowest BCUT2D eigenvalue weighted by atomic mass is 9.87. The highest BCUT2D eigenvalue weighted by atomic mass is 15.2. The minimum Gasteiger partial charge on any atom is -0.299 e. The molecule has 0 spiro atoms. The van der Waals surface area contributed by atoms with Gasteiger partial charge in [0.05, 0.1) is 0 Å². The van der Waals surface area contributed by atoms with E-state index in [0.717, 1.165) is 12.1 Å². The van der Waals surface area contributed by atoms with Gasteiger partial charge >= 0.3 is 0 Å². The number of hydrogen-bond acceptors (Lipinski definition) is 2. The second-order valence-corrected chi connectivity index (χ2v) is 6.49. The highest BCUT2D eigenvalue weighted by Gasteiger charge is 2.32. The van der Waals surface area contributed by atoms with Gasteiger partial charge in [0, 0.05) is 12.1 Å². The molecule has 1 saturated carbocycles. The first-order valence-corrected chi connectivity index (χ1v) is 9.26. The van der Waals surface area contributed by atoms with Crippen molar-refractivity contribution in [3.8, 4) is 0 Å². The van der Waals surface area contributed by atoms with E-state index in [9.17, 15) is 0 Å². The van der Waals surface area contributed by atoms with Crippen LogP contribution in [0.15, 0.2) is 0 Å². The van der Waals surface area contributed by atoms with Crippen LogP contribution >= 0.6 is 0 Å². The van der Waals surface area contributed by atoms with Crippen molar-refractivity contribution in [3.63, 3.8) is 0 Å². The van der Waals surface area contributed by atoms with E-state index in [1.807, 2.05) is 0 Å². The normalized spacial score (nSPS) is 23.7. The fourth-order valence-corrected chi connectivity index (χ4v) is 3.98. The zero-order chi connectivity index (χ0) is 14.8. The van der Waals surface area contributed by atoms with Gasteiger partial charge < -0.3 is 0 Å². The molecule has 0 aromatic carbocycles. The summed E-state index contributed by atoms with van der Waals surface area (Å²) in [5.41, 5.74) is 0. The maximum Gasteiger partial charge on any atom is 0.0251 e. The van der Waals surface area contributed by atoms with E-state index in [1.165, 1.54) is 77.5 Å². The molecule has 1 aliphatic rings. The molecule has 1 rings (SSSR count). The molecule has 0 heterocycles. The third-order valence-electron chi connectivity index (χ3n) is 4.68. The van der Waals surface area contributed by atoms with Crippen LogP contribution in [-0.2, 0) is 0 Å². The monoisotopic (exact) mass is 282 g/mol. The minimum absolute atomic E-state index is 0.821. The molecule has 0 aromatic heterocycles. The average Bonchev–Trinajstić information content (AvgIpc) is 2.47. The van der Waals surface area contributed by atoms with Crippen LogP contribution in [0.4, 0.5) is 0 Å². The Labute approximate surface area is 127 Å². The summed E-state index contributed by atoms with van der Waals surface area (Å²) in [7, 11) is 0. The van der Waals surface area contributed by atoms with Gasteiger partial charge in [0.25, 0.3) is 0 Å². The predicted octanol–water partition coefficient (Wildman–Crippen LogP) is 4.54. The lowest BCUT2D eigenvalue weighted by molar-refractivity contribution is 0.0470. The average molecular weight is 283 g/mol. The summed E-state index contributed by atoms with van der Waals surface area (Å²) in [6.07, 6.45) is 10.9. The molecular weight excluding hydrogens is 244 g/mol. The third-order valence-corrected chi connectivity index (χ3v) is 4.68. The summed E-state index contributed by atoms with van der Waals surface area (Å²) in [6.45, 7) is 14.5. The topological polar surface area (TPSA) is 6.48 Å². The van der Waals surface area contributed by atoms with Crippen molar-refractivity contribution in [3.05, 3.63) is 0 Å². The van der Waals surface area contributed by atoms with E-state index in [2.05, 4.69) is 37.5 Å². The minimum atomic E-state index is 0.821. The van der Waals surface area contributed by atoms with E-state index >= 15 is 0 Å². The SMILES string of the molecule is CCCN(CCC)[C@@H]1CCCC[C@H]1N(CCC)CCC. The Morgan fingerprint density at radius 1 is 0.600 bits per heavy atom. The molecule has 20 heavy (non-hydrogen) atoms. The second-order valence-electron chi connectivity index (χ2n) is 6.49. The lowest BCUT2D eigenvalue weighted by Crippen LogP contribution is -2.54. The Morgan fingerprint density at radius 3 is 1.15 bits per heavy atom. The highest BCUT2D eigenvalue weighted by molar-refractivity contribution is 4.90. The van der Waals surface area contributed by atoms with Crippen molar-refractivity contribution in [2.75, 3.05) is 26.2 Å². The van der Waals surface area contributed by atoms with Gasteiger partial charge in [-0.1, -0.05) is 40.5 Å². The second kappa shape index (κ2) is 10.6. The van der Waals surface area contributed by atoms with Gasteiger partial charge in [-0.25, -0.2) is 0 Å². The van der Waals surface area contributed by atoms with Gasteiger partial charge in [-0.05, 0) is 64.7 Å². The quantitative estimate of drug-likeness (QED) is 0.580. The molecule has 1 fully saturated rings. The molecule has 0 radical (unpaired) electrons. The number of hydrogen-bond donors (Lipinski definition) is 0. The molecule has 0 aliphatic heterocycles. The lowest BCUT2D eigenvalue weighted by Gasteiger charge is -2.45. The largest absolute Gasteiger partial charge is 0.299 e. The Bertz CT molecular complexity index is 193. The van der Waals surface area contributed by atoms with Crippen molar-refractivity contribution in [1.82, 2.24) is 9.80 Å². The summed E-state index contributed by atoms with van der Waals surface area (Å²) in [5, 5.41) is 0. The van der Waals surface area contributed by atoms with Crippen LogP contribution in [-0.4, -0.2) is 48.1 Å².